The van der Waals surface area contributed by atoms with E-state index in [0.717, 1.165) is 16.3 Å². The first kappa shape index (κ1) is 13.6. The van der Waals surface area contributed by atoms with E-state index in [-0.39, 0.29) is 11.7 Å². The van der Waals surface area contributed by atoms with Gasteiger partial charge in [-0.3, -0.25) is 0 Å². The van der Waals surface area contributed by atoms with Crippen molar-refractivity contribution in [2.45, 2.75) is 13.0 Å². The third-order valence-electron chi connectivity index (χ3n) is 3.36. The van der Waals surface area contributed by atoms with Gasteiger partial charge in [0.15, 0.2) is 5.69 Å². The van der Waals surface area contributed by atoms with Crippen LogP contribution in [0.4, 0.5) is 5.82 Å². The number of hydrogen-bond donors (Lipinski definition) is 2. The van der Waals surface area contributed by atoms with E-state index in [2.05, 4.69) is 15.7 Å². The molecule has 0 amide bonds. The molecule has 1 atom stereocenters. The van der Waals surface area contributed by atoms with E-state index in [1.165, 1.54) is 0 Å². The monoisotopic (exact) mass is 298 g/mol. The number of nitrogens with zero attached hydrogens (tertiary/aromatic N) is 1. The standard InChI is InChI=1S/C16H14N2O2S/c1-10(12-6-7-21-9-12)17-15-13-5-3-2-4-11(13)8-14(18-15)16(19)20/h2-10H,1H3,(H,17,18)(H,19,20). The predicted octanol–water partition coefficient (Wildman–Crippen LogP) is 4.17. The molecule has 4 nitrogen and oxygen atoms in total. The minimum atomic E-state index is -1.02. The van der Waals surface area contributed by atoms with Crippen LogP contribution in [-0.4, -0.2) is 16.1 Å². The number of carboxylic acid groups (broad SMARTS) is 1. The molecule has 21 heavy (non-hydrogen) atoms. The second-order valence-corrected chi connectivity index (χ2v) is 5.59. The van der Waals surface area contributed by atoms with Gasteiger partial charge in [-0.25, -0.2) is 9.78 Å². The first-order valence-corrected chi connectivity index (χ1v) is 7.51. The van der Waals surface area contributed by atoms with Crippen LogP contribution in [0.3, 0.4) is 0 Å². The van der Waals surface area contributed by atoms with Gasteiger partial charge >= 0.3 is 5.97 Å². The highest BCUT2D eigenvalue weighted by molar-refractivity contribution is 7.08. The van der Waals surface area contributed by atoms with Gasteiger partial charge in [0.25, 0.3) is 0 Å². The molecule has 0 aliphatic carbocycles. The smallest absolute Gasteiger partial charge is 0.354 e. The Bertz CT molecular complexity index is 784. The number of thiophene rings is 1. The zero-order valence-corrected chi connectivity index (χ0v) is 12.2. The minimum absolute atomic E-state index is 0.0497. The Balaban J connectivity index is 2.05. The molecule has 3 rings (SSSR count). The Morgan fingerprint density at radius 3 is 2.86 bits per heavy atom. The van der Waals surface area contributed by atoms with Gasteiger partial charge in [0, 0.05) is 5.39 Å². The number of pyridine rings is 1. The molecule has 2 heterocycles. The van der Waals surface area contributed by atoms with Crippen LogP contribution in [0, 0.1) is 0 Å². The second kappa shape index (κ2) is 5.54. The van der Waals surface area contributed by atoms with E-state index in [4.69, 9.17) is 0 Å². The van der Waals surface area contributed by atoms with Crippen molar-refractivity contribution >= 4 is 33.9 Å². The quantitative estimate of drug-likeness (QED) is 0.759. The van der Waals surface area contributed by atoms with Crippen molar-refractivity contribution < 1.29 is 9.90 Å². The fourth-order valence-electron chi connectivity index (χ4n) is 2.23. The highest BCUT2D eigenvalue weighted by Crippen LogP contribution is 2.27. The van der Waals surface area contributed by atoms with Gasteiger partial charge in [-0.05, 0) is 40.8 Å². The first-order valence-electron chi connectivity index (χ1n) is 6.57. The van der Waals surface area contributed by atoms with Crippen LogP contribution in [0.2, 0.25) is 0 Å². The average Bonchev–Trinajstić information content (AvgIpc) is 3.01. The lowest BCUT2D eigenvalue weighted by atomic mass is 10.1. The summed E-state index contributed by atoms with van der Waals surface area (Å²) in [5.41, 5.74) is 1.21. The molecule has 106 valence electrons. The van der Waals surface area contributed by atoms with Crippen LogP contribution in [0.5, 0.6) is 0 Å². The zero-order chi connectivity index (χ0) is 14.8. The minimum Gasteiger partial charge on any atom is -0.477 e. The summed E-state index contributed by atoms with van der Waals surface area (Å²) >= 11 is 1.64. The second-order valence-electron chi connectivity index (χ2n) is 4.81. The molecule has 0 aliphatic heterocycles. The maximum Gasteiger partial charge on any atom is 0.354 e. The van der Waals surface area contributed by atoms with Crippen LogP contribution in [0.25, 0.3) is 10.8 Å². The summed E-state index contributed by atoms with van der Waals surface area (Å²) in [5.74, 6) is -0.420. The van der Waals surface area contributed by atoms with Crippen molar-refractivity contribution in [2.24, 2.45) is 0 Å². The van der Waals surface area contributed by atoms with Gasteiger partial charge < -0.3 is 10.4 Å². The molecule has 2 aromatic heterocycles. The van der Waals surface area contributed by atoms with Gasteiger partial charge in [0.2, 0.25) is 0 Å². The maximum absolute atomic E-state index is 11.2. The van der Waals surface area contributed by atoms with E-state index in [9.17, 15) is 9.90 Å². The Kier molecular flexibility index (Phi) is 3.58. The number of nitrogens with one attached hydrogen (secondary N) is 1. The van der Waals surface area contributed by atoms with Gasteiger partial charge in [-0.1, -0.05) is 24.3 Å². The normalized spacial score (nSPS) is 12.2. The molecule has 1 unspecified atom stereocenters. The van der Waals surface area contributed by atoms with Crippen molar-refractivity contribution in [1.29, 1.82) is 0 Å². The van der Waals surface area contributed by atoms with Crippen LogP contribution < -0.4 is 5.32 Å². The summed E-state index contributed by atoms with van der Waals surface area (Å²) in [6, 6.07) is 11.4. The van der Waals surface area contributed by atoms with E-state index < -0.39 is 5.97 Å². The SMILES string of the molecule is CC(Nc1nc(C(=O)O)cc2ccccc12)c1ccsc1. The molecule has 3 aromatic rings. The third kappa shape index (κ3) is 2.73. The zero-order valence-electron chi connectivity index (χ0n) is 11.4. The van der Waals surface area contributed by atoms with Gasteiger partial charge in [-0.2, -0.15) is 11.3 Å². The number of carboxylic acids is 1. The Hall–Kier alpha value is -2.40. The summed E-state index contributed by atoms with van der Waals surface area (Å²) in [7, 11) is 0. The topological polar surface area (TPSA) is 62.2 Å². The first-order chi connectivity index (χ1) is 10.1. The van der Waals surface area contributed by atoms with Gasteiger partial charge in [-0.15, -0.1) is 0 Å². The van der Waals surface area contributed by atoms with E-state index >= 15 is 0 Å². The number of rotatable bonds is 4. The summed E-state index contributed by atoms with van der Waals surface area (Å²) in [5, 5.41) is 18.4. The Morgan fingerprint density at radius 2 is 2.14 bits per heavy atom. The molecule has 0 saturated heterocycles. The van der Waals surface area contributed by atoms with Crippen LogP contribution >= 0.6 is 11.3 Å². The van der Waals surface area contributed by atoms with E-state index in [1.54, 1.807) is 17.4 Å². The summed E-state index contributed by atoms with van der Waals surface area (Å²) in [6.07, 6.45) is 0. The molecule has 0 spiro atoms. The number of fused-ring (bicyclic) bond motifs is 1. The molecule has 0 radical (unpaired) electrons. The van der Waals surface area contributed by atoms with Crippen molar-refractivity contribution in [3.8, 4) is 0 Å². The molecular formula is C16H14N2O2S. The van der Waals surface area contributed by atoms with Crippen molar-refractivity contribution in [2.75, 3.05) is 5.32 Å². The lowest BCUT2D eigenvalue weighted by molar-refractivity contribution is 0.0691. The molecular weight excluding hydrogens is 284 g/mol. The van der Waals surface area contributed by atoms with Crippen LogP contribution in [-0.2, 0) is 0 Å². The highest BCUT2D eigenvalue weighted by Gasteiger charge is 2.13. The molecule has 1 aromatic carbocycles. The number of carbonyl (C=O) groups is 1. The van der Waals surface area contributed by atoms with E-state index in [0.29, 0.717) is 5.82 Å². The largest absolute Gasteiger partial charge is 0.477 e. The van der Waals surface area contributed by atoms with Crippen molar-refractivity contribution in [3.63, 3.8) is 0 Å². The Labute approximate surface area is 126 Å². The van der Waals surface area contributed by atoms with Gasteiger partial charge in [0.05, 0.1) is 6.04 Å². The number of aromatic carboxylic acids is 1. The molecule has 0 saturated carbocycles. The summed E-state index contributed by atoms with van der Waals surface area (Å²) in [4.78, 5) is 15.5. The van der Waals surface area contributed by atoms with Crippen LogP contribution in [0.15, 0.2) is 47.2 Å². The molecule has 0 bridgehead atoms. The van der Waals surface area contributed by atoms with Crippen molar-refractivity contribution in [3.05, 3.63) is 58.4 Å². The molecule has 5 heteroatoms. The Morgan fingerprint density at radius 1 is 1.33 bits per heavy atom. The number of benzene rings is 1. The molecule has 0 aliphatic rings. The number of hydrogen-bond acceptors (Lipinski definition) is 4. The maximum atomic E-state index is 11.2. The average molecular weight is 298 g/mol. The third-order valence-corrected chi connectivity index (χ3v) is 4.06. The summed E-state index contributed by atoms with van der Waals surface area (Å²) in [6.45, 7) is 2.03. The molecule has 2 N–H and O–H groups in total. The molecule has 0 fully saturated rings. The number of anilines is 1. The summed E-state index contributed by atoms with van der Waals surface area (Å²) < 4.78 is 0. The van der Waals surface area contributed by atoms with Crippen molar-refractivity contribution in [1.82, 2.24) is 4.98 Å². The lowest BCUT2D eigenvalue weighted by Gasteiger charge is -2.15. The van der Waals surface area contributed by atoms with E-state index in [1.807, 2.05) is 42.6 Å². The highest BCUT2D eigenvalue weighted by atomic mass is 32.1. The fourth-order valence-corrected chi connectivity index (χ4v) is 2.98. The number of aromatic nitrogens is 1. The predicted molar refractivity (Wildman–Crippen MR) is 85.1 cm³/mol. The van der Waals surface area contributed by atoms with Crippen LogP contribution in [0.1, 0.15) is 29.0 Å². The lowest BCUT2D eigenvalue weighted by Crippen LogP contribution is -2.10. The fraction of sp³-hybridized carbons (Fsp3) is 0.125. The van der Waals surface area contributed by atoms with Gasteiger partial charge in [0.1, 0.15) is 5.82 Å².